The minimum atomic E-state index is -0.746. The normalized spacial score (nSPS) is 10.0. The van der Waals surface area contributed by atoms with Crippen molar-refractivity contribution in [1.29, 1.82) is 0 Å². The van der Waals surface area contributed by atoms with Crippen molar-refractivity contribution >= 4 is 23.6 Å². The summed E-state index contributed by atoms with van der Waals surface area (Å²) in [5.41, 5.74) is 0. The SMILES string of the molecule is O=Cc1ccc(CCCCC(=O)O)s1. The van der Waals surface area contributed by atoms with Crippen LogP contribution >= 0.6 is 11.3 Å². The van der Waals surface area contributed by atoms with E-state index in [-0.39, 0.29) is 6.42 Å². The number of thiophene rings is 1. The quantitative estimate of drug-likeness (QED) is 0.581. The standard InChI is InChI=1S/C10H12O3S/c11-7-9-6-5-8(14-9)3-1-2-4-10(12)13/h5-7H,1-4H2,(H,12,13). The summed E-state index contributed by atoms with van der Waals surface area (Å²) in [6, 6.07) is 3.72. The highest BCUT2D eigenvalue weighted by molar-refractivity contribution is 7.13. The van der Waals surface area contributed by atoms with Crippen molar-refractivity contribution in [2.75, 3.05) is 0 Å². The molecule has 0 unspecified atom stereocenters. The molecule has 0 aromatic carbocycles. The molecule has 0 spiro atoms. The van der Waals surface area contributed by atoms with Crippen LogP contribution in [-0.2, 0) is 11.2 Å². The van der Waals surface area contributed by atoms with Crippen LogP contribution in [0.3, 0.4) is 0 Å². The van der Waals surface area contributed by atoms with E-state index in [1.165, 1.54) is 11.3 Å². The third-order valence-corrected chi connectivity index (χ3v) is 2.93. The Labute approximate surface area is 86.4 Å². The van der Waals surface area contributed by atoms with Crippen LogP contribution in [0, 0.1) is 0 Å². The van der Waals surface area contributed by atoms with Gasteiger partial charge in [0.15, 0.2) is 6.29 Å². The topological polar surface area (TPSA) is 54.4 Å². The zero-order valence-electron chi connectivity index (χ0n) is 7.73. The van der Waals surface area contributed by atoms with E-state index in [9.17, 15) is 9.59 Å². The third-order valence-electron chi connectivity index (χ3n) is 1.86. The summed E-state index contributed by atoms with van der Waals surface area (Å²) < 4.78 is 0. The molecule has 1 heterocycles. The van der Waals surface area contributed by atoms with Crippen LogP contribution in [0.5, 0.6) is 0 Å². The first kappa shape index (κ1) is 10.9. The number of carboxylic acid groups (broad SMARTS) is 1. The van der Waals surface area contributed by atoms with Gasteiger partial charge in [-0.2, -0.15) is 0 Å². The van der Waals surface area contributed by atoms with E-state index in [1.54, 1.807) is 6.07 Å². The van der Waals surface area contributed by atoms with Crippen molar-refractivity contribution in [3.63, 3.8) is 0 Å². The molecular weight excluding hydrogens is 200 g/mol. The van der Waals surface area contributed by atoms with E-state index in [2.05, 4.69) is 0 Å². The predicted octanol–water partition coefficient (Wildman–Crippen LogP) is 2.36. The zero-order chi connectivity index (χ0) is 10.4. The lowest BCUT2D eigenvalue weighted by Gasteiger charge is -1.95. The lowest BCUT2D eigenvalue weighted by molar-refractivity contribution is -0.137. The van der Waals surface area contributed by atoms with E-state index < -0.39 is 5.97 Å². The molecule has 0 aliphatic carbocycles. The average Bonchev–Trinajstić information content (AvgIpc) is 2.60. The molecule has 0 atom stereocenters. The second kappa shape index (κ2) is 5.54. The molecule has 1 aromatic rings. The number of hydrogen-bond acceptors (Lipinski definition) is 3. The van der Waals surface area contributed by atoms with Crippen molar-refractivity contribution < 1.29 is 14.7 Å². The number of rotatable bonds is 6. The highest BCUT2D eigenvalue weighted by Crippen LogP contribution is 2.17. The maximum absolute atomic E-state index is 10.4. The minimum Gasteiger partial charge on any atom is -0.481 e. The monoisotopic (exact) mass is 212 g/mol. The van der Waals surface area contributed by atoms with Crippen molar-refractivity contribution in [3.05, 3.63) is 21.9 Å². The summed E-state index contributed by atoms with van der Waals surface area (Å²) in [4.78, 5) is 22.5. The van der Waals surface area contributed by atoms with Gasteiger partial charge in [-0.25, -0.2) is 0 Å². The first-order chi connectivity index (χ1) is 6.72. The molecular formula is C10H12O3S. The number of hydrogen-bond donors (Lipinski definition) is 1. The molecule has 1 aromatic heterocycles. The molecule has 0 saturated heterocycles. The number of aryl methyl sites for hydroxylation is 1. The molecule has 0 aliphatic heterocycles. The first-order valence-corrected chi connectivity index (χ1v) is 5.29. The Morgan fingerprint density at radius 3 is 2.79 bits per heavy atom. The molecule has 0 aliphatic rings. The Hall–Kier alpha value is -1.16. The van der Waals surface area contributed by atoms with Gasteiger partial charge in [-0.1, -0.05) is 0 Å². The van der Waals surface area contributed by atoms with Crippen LogP contribution in [0.25, 0.3) is 0 Å². The fraction of sp³-hybridized carbons (Fsp3) is 0.400. The Morgan fingerprint density at radius 2 is 2.21 bits per heavy atom. The van der Waals surface area contributed by atoms with Gasteiger partial charge < -0.3 is 5.11 Å². The van der Waals surface area contributed by atoms with Gasteiger partial charge in [0, 0.05) is 11.3 Å². The number of carboxylic acids is 1. The van der Waals surface area contributed by atoms with Gasteiger partial charge in [-0.05, 0) is 31.4 Å². The Morgan fingerprint density at radius 1 is 1.43 bits per heavy atom. The molecule has 0 bridgehead atoms. The highest BCUT2D eigenvalue weighted by Gasteiger charge is 2.00. The zero-order valence-corrected chi connectivity index (χ0v) is 8.55. The highest BCUT2D eigenvalue weighted by atomic mass is 32.1. The van der Waals surface area contributed by atoms with E-state index in [0.29, 0.717) is 6.42 Å². The minimum absolute atomic E-state index is 0.228. The Bertz CT molecular complexity index is 317. The average molecular weight is 212 g/mol. The third kappa shape index (κ3) is 3.70. The van der Waals surface area contributed by atoms with Crippen molar-refractivity contribution in [1.82, 2.24) is 0 Å². The summed E-state index contributed by atoms with van der Waals surface area (Å²) in [7, 11) is 0. The van der Waals surface area contributed by atoms with Crippen LogP contribution < -0.4 is 0 Å². The van der Waals surface area contributed by atoms with Gasteiger partial charge in [0.05, 0.1) is 4.88 Å². The number of carbonyl (C=O) groups excluding carboxylic acids is 1. The van der Waals surface area contributed by atoms with Gasteiger partial charge >= 0.3 is 5.97 Å². The van der Waals surface area contributed by atoms with E-state index in [1.807, 2.05) is 6.07 Å². The summed E-state index contributed by atoms with van der Waals surface area (Å²) in [5, 5.41) is 8.41. The van der Waals surface area contributed by atoms with E-state index in [4.69, 9.17) is 5.11 Å². The van der Waals surface area contributed by atoms with Crippen LogP contribution in [0.2, 0.25) is 0 Å². The lowest BCUT2D eigenvalue weighted by Crippen LogP contribution is -1.94. The summed E-state index contributed by atoms with van der Waals surface area (Å²) in [6.45, 7) is 0. The molecule has 0 amide bonds. The molecule has 0 saturated carbocycles. The second-order valence-electron chi connectivity index (χ2n) is 3.02. The molecule has 1 N–H and O–H groups in total. The van der Waals surface area contributed by atoms with Crippen LogP contribution in [0.4, 0.5) is 0 Å². The molecule has 1 rings (SSSR count). The number of aldehydes is 1. The molecule has 4 heteroatoms. The summed E-state index contributed by atoms with van der Waals surface area (Å²) >= 11 is 1.48. The van der Waals surface area contributed by atoms with Crippen LogP contribution in [0.1, 0.15) is 33.8 Å². The van der Waals surface area contributed by atoms with Gasteiger partial charge in [0.2, 0.25) is 0 Å². The molecule has 0 fully saturated rings. The van der Waals surface area contributed by atoms with Crippen LogP contribution in [0.15, 0.2) is 12.1 Å². The summed E-state index contributed by atoms with van der Waals surface area (Å²) in [6.07, 6.45) is 3.50. The van der Waals surface area contributed by atoms with E-state index in [0.717, 1.165) is 28.9 Å². The molecule has 76 valence electrons. The fourth-order valence-electron chi connectivity index (χ4n) is 1.17. The molecule has 14 heavy (non-hydrogen) atoms. The number of aliphatic carboxylic acids is 1. The smallest absolute Gasteiger partial charge is 0.303 e. The van der Waals surface area contributed by atoms with Crippen molar-refractivity contribution in [2.24, 2.45) is 0 Å². The Balaban J connectivity index is 2.24. The molecule has 3 nitrogen and oxygen atoms in total. The predicted molar refractivity (Wildman–Crippen MR) is 54.9 cm³/mol. The Kier molecular flexibility index (Phi) is 4.32. The largest absolute Gasteiger partial charge is 0.481 e. The van der Waals surface area contributed by atoms with E-state index >= 15 is 0 Å². The van der Waals surface area contributed by atoms with Crippen molar-refractivity contribution in [3.8, 4) is 0 Å². The number of carbonyl (C=O) groups is 2. The van der Waals surface area contributed by atoms with Crippen LogP contribution in [-0.4, -0.2) is 17.4 Å². The maximum atomic E-state index is 10.4. The lowest BCUT2D eigenvalue weighted by atomic mass is 10.2. The fourth-order valence-corrected chi connectivity index (χ4v) is 2.04. The number of unbranched alkanes of at least 4 members (excludes halogenated alkanes) is 1. The van der Waals surface area contributed by atoms with Crippen molar-refractivity contribution in [2.45, 2.75) is 25.7 Å². The van der Waals surface area contributed by atoms with Gasteiger partial charge in [-0.15, -0.1) is 11.3 Å². The van der Waals surface area contributed by atoms with Gasteiger partial charge in [0.25, 0.3) is 0 Å². The maximum Gasteiger partial charge on any atom is 0.303 e. The summed E-state index contributed by atoms with van der Waals surface area (Å²) in [5.74, 6) is -0.746. The first-order valence-electron chi connectivity index (χ1n) is 4.48. The van der Waals surface area contributed by atoms with Gasteiger partial charge in [0.1, 0.15) is 0 Å². The second-order valence-corrected chi connectivity index (χ2v) is 4.22. The molecule has 0 radical (unpaired) electrons. The van der Waals surface area contributed by atoms with Gasteiger partial charge in [-0.3, -0.25) is 9.59 Å².